The molecule has 0 unspecified atom stereocenters. The third-order valence-corrected chi connectivity index (χ3v) is 2.49. The zero-order valence-corrected chi connectivity index (χ0v) is 8.34. The van der Waals surface area contributed by atoms with Gasteiger partial charge in [0.05, 0.1) is 13.2 Å². The fraction of sp³-hybridized carbons (Fsp3) is 0.455. The van der Waals surface area contributed by atoms with Crippen LogP contribution in [0.4, 0.5) is 4.39 Å². The molecular weight excluding hydrogens is 183 g/mol. The van der Waals surface area contributed by atoms with E-state index in [1.165, 1.54) is 6.07 Å². The number of hydrogen-bond acceptors (Lipinski definition) is 2. The molecule has 0 bridgehead atoms. The highest BCUT2D eigenvalue weighted by Gasteiger charge is 2.22. The summed E-state index contributed by atoms with van der Waals surface area (Å²) in [5.74, 6) is -0.250. The van der Waals surface area contributed by atoms with Gasteiger partial charge in [-0.05, 0) is 37.1 Å². The molecule has 3 heteroatoms. The Labute approximate surface area is 82.6 Å². The molecule has 14 heavy (non-hydrogen) atoms. The van der Waals surface area contributed by atoms with Gasteiger partial charge >= 0.3 is 0 Å². The third kappa shape index (κ3) is 1.65. The number of benzene rings is 1. The van der Waals surface area contributed by atoms with Gasteiger partial charge in [-0.1, -0.05) is 0 Å². The monoisotopic (exact) mass is 196 g/mol. The van der Waals surface area contributed by atoms with E-state index < -0.39 is 6.29 Å². The molecule has 1 fully saturated rings. The molecule has 1 aromatic carbocycles. The average Bonchev–Trinajstić information content (AvgIpc) is 2.64. The molecule has 0 saturated carbocycles. The molecule has 1 aliphatic rings. The number of rotatable bonds is 1. The molecule has 2 rings (SSSR count). The molecule has 0 radical (unpaired) electrons. The predicted octanol–water partition coefficient (Wildman–Crippen LogP) is 2.49. The SMILES string of the molecule is Cc1cc(F)c(C2OCCO2)cc1C. The first-order chi connectivity index (χ1) is 6.68. The summed E-state index contributed by atoms with van der Waals surface area (Å²) in [6, 6.07) is 3.32. The predicted molar refractivity (Wildman–Crippen MR) is 50.5 cm³/mol. The normalized spacial score (nSPS) is 17.6. The summed E-state index contributed by atoms with van der Waals surface area (Å²) in [5, 5.41) is 0. The van der Waals surface area contributed by atoms with Gasteiger partial charge in [-0.2, -0.15) is 0 Å². The second kappa shape index (κ2) is 3.67. The summed E-state index contributed by atoms with van der Waals surface area (Å²) >= 11 is 0. The van der Waals surface area contributed by atoms with Crippen molar-refractivity contribution in [2.45, 2.75) is 20.1 Å². The Morgan fingerprint density at radius 1 is 1.14 bits per heavy atom. The van der Waals surface area contributed by atoms with Crippen LogP contribution in [-0.4, -0.2) is 13.2 Å². The quantitative estimate of drug-likeness (QED) is 0.687. The van der Waals surface area contributed by atoms with E-state index in [1.54, 1.807) is 6.07 Å². The smallest absolute Gasteiger partial charge is 0.186 e. The van der Waals surface area contributed by atoms with Crippen LogP contribution in [0.1, 0.15) is 23.0 Å². The van der Waals surface area contributed by atoms with Gasteiger partial charge in [0.15, 0.2) is 6.29 Å². The highest BCUT2D eigenvalue weighted by Crippen LogP contribution is 2.27. The van der Waals surface area contributed by atoms with Crippen molar-refractivity contribution in [2.75, 3.05) is 13.2 Å². The van der Waals surface area contributed by atoms with Crippen LogP contribution in [0.15, 0.2) is 12.1 Å². The maximum Gasteiger partial charge on any atom is 0.186 e. The van der Waals surface area contributed by atoms with Gasteiger partial charge < -0.3 is 9.47 Å². The van der Waals surface area contributed by atoms with Crippen molar-refractivity contribution in [1.82, 2.24) is 0 Å². The number of hydrogen-bond donors (Lipinski definition) is 0. The zero-order valence-electron chi connectivity index (χ0n) is 8.34. The van der Waals surface area contributed by atoms with Crippen molar-refractivity contribution in [3.05, 3.63) is 34.6 Å². The Kier molecular flexibility index (Phi) is 2.52. The molecule has 1 saturated heterocycles. The molecule has 1 aromatic rings. The largest absolute Gasteiger partial charge is 0.346 e. The van der Waals surface area contributed by atoms with Crippen LogP contribution >= 0.6 is 0 Å². The lowest BCUT2D eigenvalue weighted by atomic mass is 10.1. The average molecular weight is 196 g/mol. The van der Waals surface area contributed by atoms with Crippen molar-refractivity contribution in [3.8, 4) is 0 Å². The lowest BCUT2D eigenvalue weighted by Crippen LogP contribution is -2.02. The topological polar surface area (TPSA) is 18.5 Å². The first kappa shape index (κ1) is 9.62. The summed E-state index contributed by atoms with van der Waals surface area (Å²) in [4.78, 5) is 0. The third-order valence-electron chi connectivity index (χ3n) is 2.49. The lowest BCUT2D eigenvalue weighted by molar-refractivity contribution is -0.0465. The van der Waals surface area contributed by atoms with Gasteiger partial charge in [0.25, 0.3) is 0 Å². The second-order valence-electron chi connectivity index (χ2n) is 3.53. The van der Waals surface area contributed by atoms with Crippen LogP contribution in [0, 0.1) is 19.7 Å². The van der Waals surface area contributed by atoms with E-state index in [0.29, 0.717) is 18.8 Å². The highest BCUT2D eigenvalue weighted by molar-refractivity contribution is 5.32. The van der Waals surface area contributed by atoms with Gasteiger partial charge in [0.1, 0.15) is 5.82 Å². The van der Waals surface area contributed by atoms with Crippen LogP contribution in [0.3, 0.4) is 0 Å². The number of ether oxygens (including phenoxy) is 2. The molecule has 0 N–H and O–H groups in total. The molecule has 0 aromatic heterocycles. The van der Waals surface area contributed by atoms with Crippen LogP contribution in [-0.2, 0) is 9.47 Å². The van der Waals surface area contributed by atoms with Crippen molar-refractivity contribution in [3.63, 3.8) is 0 Å². The van der Waals surface area contributed by atoms with E-state index in [-0.39, 0.29) is 5.82 Å². The minimum absolute atomic E-state index is 0.250. The maximum atomic E-state index is 13.5. The Bertz CT molecular complexity index is 343. The molecule has 0 atom stereocenters. The van der Waals surface area contributed by atoms with E-state index >= 15 is 0 Å². The molecule has 0 amide bonds. The molecule has 1 aliphatic heterocycles. The summed E-state index contributed by atoms with van der Waals surface area (Å²) in [7, 11) is 0. The van der Waals surface area contributed by atoms with E-state index in [1.807, 2.05) is 13.8 Å². The standard InChI is InChI=1S/C11H13FO2/c1-7-5-9(10(12)6-8(7)2)11-13-3-4-14-11/h5-6,11H,3-4H2,1-2H3. The number of aryl methyl sites for hydroxylation is 2. The van der Waals surface area contributed by atoms with Crippen LogP contribution in [0.25, 0.3) is 0 Å². The Balaban J connectivity index is 2.37. The fourth-order valence-electron chi connectivity index (χ4n) is 1.52. The highest BCUT2D eigenvalue weighted by atomic mass is 19.1. The summed E-state index contributed by atoms with van der Waals surface area (Å²) < 4.78 is 24.0. The second-order valence-corrected chi connectivity index (χ2v) is 3.53. The summed E-state index contributed by atoms with van der Waals surface area (Å²) in [6.07, 6.45) is -0.519. The minimum atomic E-state index is -0.519. The molecule has 76 valence electrons. The first-order valence-electron chi connectivity index (χ1n) is 4.68. The lowest BCUT2D eigenvalue weighted by Gasteiger charge is -2.12. The molecule has 0 aliphatic carbocycles. The van der Waals surface area contributed by atoms with Crippen molar-refractivity contribution in [2.24, 2.45) is 0 Å². The van der Waals surface area contributed by atoms with Crippen molar-refractivity contribution in [1.29, 1.82) is 0 Å². The molecule has 2 nitrogen and oxygen atoms in total. The molecular formula is C11H13FO2. The zero-order chi connectivity index (χ0) is 10.1. The van der Waals surface area contributed by atoms with Crippen LogP contribution < -0.4 is 0 Å². The van der Waals surface area contributed by atoms with Gasteiger partial charge in [0.2, 0.25) is 0 Å². The Morgan fingerprint density at radius 2 is 1.71 bits per heavy atom. The van der Waals surface area contributed by atoms with Gasteiger partial charge in [-0.25, -0.2) is 4.39 Å². The summed E-state index contributed by atoms with van der Waals surface area (Å²) in [6.45, 7) is 4.92. The Morgan fingerprint density at radius 3 is 2.36 bits per heavy atom. The van der Waals surface area contributed by atoms with E-state index in [4.69, 9.17) is 9.47 Å². The number of halogens is 1. The Hall–Kier alpha value is -0.930. The maximum absolute atomic E-state index is 13.5. The minimum Gasteiger partial charge on any atom is -0.346 e. The van der Waals surface area contributed by atoms with E-state index in [9.17, 15) is 4.39 Å². The van der Waals surface area contributed by atoms with Gasteiger partial charge in [-0.15, -0.1) is 0 Å². The fourth-order valence-corrected chi connectivity index (χ4v) is 1.52. The summed E-state index contributed by atoms with van der Waals surface area (Å²) in [5.41, 5.74) is 2.51. The molecule has 0 spiro atoms. The van der Waals surface area contributed by atoms with Crippen LogP contribution in [0.5, 0.6) is 0 Å². The molecule has 1 heterocycles. The van der Waals surface area contributed by atoms with Crippen LogP contribution in [0.2, 0.25) is 0 Å². The van der Waals surface area contributed by atoms with E-state index in [0.717, 1.165) is 11.1 Å². The first-order valence-corrected chi connectivity index (χ1v) is 4.68. The van der Waals surface area contributed by atoms with Gasteiger partial charge in [0, 0.05) is 5.56 Å². The van der Waals surface area contributed by atoms with E-state index in [2.05, 4.69) is 0 Å². The van der Waals surface area contributed by atoms with Crippen molar-refractivity contribution < 1.29 is 13.9 Å². The van der Waals surface area contributed by atoms with Crippen molar-refractivity contribution >= 4 is 0 Å². The van der Waals surface area contributed by atoms with Gasteiger partial charge in [-0.3, -0.25) is 0 Å².